The summed E-state index contributed by atoms with van der Waals surface area (Å²) in [5, 5.41) is 0. The summed E-state index contributed by atoms with van der Waals surface area (Å²) in [7, 11) is 0. The van der Waals surface area contributed by atoms with E-state index < -0.39 is 11.4 Å². The highest BCUT2D eigenvalue weighted by molar-refractivity contribution is 7.73. The summed E-state index contributed by atoms with van der Waals surface area (Å²) in [6.07, 6.45) is 5.16. The van der Waals surface area contributed by atoms with Crippen molar-refractivity contribution in [1.82, 2.24) is 0 Å². The zero-order valence-corrected chi connectivity index (χ0v) is 8.05. The fraction of sp³-hybridized carbons (Fsp3) is 0.714. The second kappa shape index (κ2) is 13.2. The Morgan fingerprint density at radius 1 is 1.50 bits per heavy atom. The van der Waals surface area contributed by atoms with Crippen molar-refractivity contribution in [3.8, 4) is 0 Å². The van der Waals surface area contributed by atoms with E-state index in [1.807, 2.05) is 0 Å². The Kier molecular flexibility index (Phi) is 15.6. The normalized spacial score (nSPS) is 8.67. The third kappa shape index (κ3) is 33.5. The van der Waals surface area contributed by atoms with E-state index in [-0.39, 0.29) is 0 Å². The average Bonchev–Trinajstić information content (AvgIpc) is 1.97. The lowest BCUT2D eigenvalue weighted by Crippen LogP contribution is -1.84. The summed E-state index contributed by atoms with van der Waals surface area (Å²) in [4.78, 5) is 0. The van der Waals surface area contributed by atoms with Gasteiger partial charge in [0.2, 0.25) is 0 Å². The summed E-state index contributed by atoms with van der Waals surface area (Å²) in [5.41, 5.74) is 0. The van der Waals surface area contributed by atoms with Gasteiger partial charge in [-0.2, -0.15) is 4.21 Å². The molecule has 74 valence electrons. The smallest absolute Gasteiger partial charge is 0.299 e. The monoisotopic (exact) mass is 196 g/mol. The minimum absolute atomic E-state index is 0.831. The molecule has 0 aliphatic carbocycles. The molecule has 0 aliphatic heterocycles. The maximum atomic E-state index is 8.67. The topological polar surface area (TPSA) is 66.8 Å². The van der Waals surface area contributed by atoms with Gasteiger partial charge in [-0.1, -0.05) is 26.3 Å². The minimum Gasteiger partial charge on any atom is -0.502 e. The Labute approximate surface area is 75.7 Å². The second-order valence-electron chi connectivity index (χ2n) is 1.98. The Bertz CT molecular complexity index is 112. The van der Waals surface area contributed by atoms with E-state index in [9.17, 15) is 0 Å². The maximum absolute atomic E-state index is 8.67. The number of rotatable bonds is 5. The van der Waals surface area contributed by atoms with E-state index in [0.717, 1.165) is 13.0 Å². The van der Waals surface area contributed by atoms with Crippen LogP contribution in [-0.4, -0.2) is 19.9 Å². The van der Waals surface area contributed by atoms with Crippen LogP contribution in [-0.2, 0) is 16.1 Å². The van der Waals surface area contributed by atoms with Crippen LogP contribution in [0.4, 0.5) is 0 Å². The fourth-order valence-electron chi connectivity index (χ4n) is 0.519. The van der Waals surface area contributed by atoms with Crippen molar-refractivity contribution in [1.29, 1.82) is 0 Å². The molecule has 5 heteroatoms. The van der Waals surface area contributed by atoms with Gasteiger partial charge < -0.3 is 4.74 Å². The molecule has 2 N–H and O–H groups in total. The predicted molar refractivity (Wildman–Crippen MR) is 49.1 cm³/mol. The quantitative estimate of drug-likeness (QED) is 0.401. The van der Waals surface area contributed by atoms with E-state index in [2.05, 4.69) is 13.5 Å². The zero-order valence-electron chi connectivity index (χ0n) is 7.23. The highest BCUT2D eigenvalue weighted by Gasteiger charge is 1.81. The number of unbranched alkanes of at least 4 members (excludes halogenated alkanes) is 2. The molecule has 0 aromatic rings. The van der Waals surface area contributed by atoms with Gasteiger partial charge in [0.15, 0.2) is 0 Å². The average molecular weight is 196 g/mol. The molecule has 0 unspecified atom stereocenters. The van der Waals surface area contributed by atoms with Crippen molar-refractivity contribution in [3.63, 3.8) is 0 Å². The number of ether oxygens (including phenoxy) is 1. The Balaban J connectivity index is 0. The minimum atomic E-state index is -2.61. The van der Waals surface area contributed by atoms with Gasteiger partial charge in [0.05, 0.1) is 12.9 Å². The Morgan fingerprint density at radius 2 is 2.00 bits per heavy atom. The summed E-state index contributed by atoms with van der Waals surface area (Å²) < 4.78 is 27.7. The van der Waals surface area contributed by atoms with Gasteiger partial charge >= 0.3 is 0 Å². The van der Waals surface area contributed by atoms with Crippen molar-refractivity contribution >= 4 is 11.4 Å². The van der Waals surface area contributed by atoms with Gasteiger partial charge in [-0.3, -0.25) is 9.11 Å². The Morgan fingerprint density at radius 3 is 2.33 bits per heavy atom. The lowest BCUT2D eigenvalue weighted by atomic mass is 10.3. The molecule has 0 heterocycles. The second-order valence-corrected chi connectivity index (χ2v) is 2.44. The van der Waals surface area contributed by atoms with Gasteiger partial charge in [-0.25, -0.2) is 0 Å². The third-order valence-electron chi connectivity index (χ3n) is 0.984. The maximum Gasteiger partial charge on any atom is 0.299 e. The number of hydrogen-bond donors (Lipinski definition) is 2. The molecular formula is C7H16O4S. The molecule has 0 saturated heterocycles. The molecule has 0 spiro atoms. The van der Waals surface area contributed by atoms with Gasteiger partial charge in [0.1, 0.15) is 0 Å². The molecule has 0 fully saturated rings. The first-order chi connectivity index (χ1) is 5.65. The van der Waals surface area contributed by atoms with Crippen LogP contribution < -0.4 is 0 Å². The molecule has 0 saturated carbocycles. The SMILES string of the molecule is C=COCCCCC.O=S(O)O. The third-order valence-corrected chi connectivity index (χ3v) is 0.984. The molecule has 0 bridgehead atoms. The predicted octanol–water partition coefficient (Wildman–Crippen LogP) is 2.02. The zero-order chi connectivity index (χ0) is 9.82. The van der Waals surface area contributed by atoms with E-state index in [1.54, 1.807) is 0 Å². The van der Waals surface area contributed by atoms with Crippen molar-refractivity contribution in [2.24, 2.45) is 0 Å². The molecule has 0 amide bonds. The van der Waals surface area contributed by atoms with Crippen LogP contribution in [0.3, 0.4) is 0 Å². The first-order valence-electron chi connectivity index (χ1n) is 3.67. The van der Waals surface area contributed by atoms with E-state index >= 15 is 0 Å². The lowest BCUT2D eigenvalue weighted by Gasteiger charge is -1.96. The molecule has 0 aromatic carbocycles. The molecule has 4 nitrogen and oxygen atoms in total. The van der Waals surface area contributed by atoms with Crippen LogP contribution in [0.15, 0.2) is 12.8 Å². The molecule has 0 aliphatic rings. The van der Waals surface area contributed by atoms with Crippen molar-refractivity contribution in [3.05, 3.63) is 12.8 Å². The van der Waals surface area contributed by atoms with Crippen molar-refractivity contribution < 1.29 is 18.1 Å². The van der Waals surface area contributed by atoms with E-state index in [4.69, 9.17) is 18.1 Å². The summed E-state index contributed by atoms with van der Waals surface area (Å²) in [6.45, 7) is 6.44. The summed E-state index contributed by atoms with van der Waals surface area (Å²) in [5.74, 6) is 0. The molecule has 0 atom stereocenters. The van der Waals surface area contributed by atoms with Crippen LogP contribution in [0.2, 0.25) is 0 Å². The first-order valence-corrected chi connectivity index (χ1v) is 4.74. The standard InChI is InChI=1S/C7H14O.H2O3S/c1-3-5-6-7-8-4-2;1-4(2)3/h4H,2-3,5-7H2,1H3;(H2,1,2,3). The van der Waals surface area contributed by atoms with Gasteiger partial charge in [0, 0.05) is 0 Å². The van der Waals surface area contributed by atoms with Crippen LogP contribution >= 0.6 is 0 Å². The summed E-state index contributed by atoms with van der Waals surface area (Å²) >= 11 is -2.61. The number of hydrogen-bond acceptors (Lipinski definition) is 2. The Hall–Kier alpha value is -0.390. The van der Waals surface area contributed by atoms with E-state index in [0.29, 0.717) is 0 Å². The van der Waals surface area contributed by atoms with Crippen molar-refractivity contribution in [2.75, 3.05) is 6.61 Å². The molecule has 0 aromatic heterocycles. The molecule has 0 radical (unpaired) electrons. The molecule has 0 rings (SSSR count). The lowest BCUT2D eigenvalue weighted by molar-refractivity contribution is 0.243. The highest BCUT2D eigenvalue weighted by Crippen LogP contribution is 1.93. The largest absolute Gasteiger partial charge is 0.502 e. The van der Waals surface area contributed by atoms with Gasteiger partial charge in [0.25, 0.3) is 11.4 Å². The first kappa shape index (κ1) is 14.2. The molecule has 12 heavy (non-hydrogen) atoms. The highest BCUT2D eigenvalue weighted by atomic mass is 32.2. The van der Waals surface area contributed by atoms with Crippen LogP contribution in [0, 0.1) is 0 Å². The van der Waals surface area contributed by atoms with Gasteiger partial charge in [-0.15, -0.1) is 0 Å². The molecular weight excluding hydrogens is 180 g/mol. The summed E-state index contributed by atoms with van der Waals surface area (Å²) in [6, 6.07) is 0. The van der Waals surface area contributed by atoms with Crippen LogP contribution in [0.25, 0.3) is 0 Å². The van der Waals surface area contributed by atoms with Crippen LogP contribution in [0.5, 0.6) is 0 Å². The fourth-order valence-corrected chi connectivity index (χ4v) is 0.519. The van der Waals surface area contributed by atoms with Crippen molar-refractivity contribution in [2.45, 2.75) is 26.2 Å². The van der Waals surface area contributed by atoms with Crippen LogP contribution in [0.1, 0.15) is 26.2 Å². The van der Waals surface area contributed by atoms with Gasteiger partial charge in [-0.05, 0) is 6.42 Å². The van der Waals surface area contributed by atoms with E-state index in [1.165, 1.54) is 19.1 Å².